The van der Waals surface area contributed by atoms with Gasteiger partial charge in [-0.3, -0.25) is 0 Å². The van der Waals surface area contributed by atoms with Gasteiger partial charge in [0.2, 0.25) is 0 Å². The number of benzene rings is 2. The van der Waals surface area contributed by atoms with Gasteiger partial charge >= 0.3 is 0 Å². The monoisotopic (exact) mass is 277 g/mol. The number of ether oxygens (including phenoxy) is 1. The average molecular weight is 277 g/mol. The number of rotatable bonds is 6. The summed E-state index contributed by atoms with van der Waals surface area (Å²) >= 11 is 0. The lowest BCUT2D eigenvalue weighted by molar-refractivity contribution is 0.286. The van der Waals surface area contributed by atoms with Crippen LogP contribution in [0.4, 0.5) is 8.78 Å². The molecule has 0 radical (unpaired) electrons. The Morgan fingerprint density at radius 2 is 1.80 bits per heavy atom. The van der Waals surface area contributed by atoms with Crippen molar-refractivity contribution in [2.24, 2.45) is 0 Å². The van der Waals surface area contributed by atoms with E-state index in [1.165, 1.54) is 18.2 Å². The summed E-state index contributed by atoms with van der Waals surface area (Å²) in [6, 6.07) is 10.8. The van der Waals surface area contributed by atoms with Crippen molar-refractivity contribution >= 4 is 0 Å². The van der Waals surface area contributed by atoms with E-state index in [9.17, 15) is 8.78 Å². The van der Waals surface area contributed by atoms with Crippen LogP contribution < -0.4 is 10.1 Å². The Balaban J connectivity index is 2.09. The van der Waals surface area contributed by atoms with Crippen molar-refractivity contribution in [1.29, 1.82) is 0 Å². The van der Waals surface area contributed by atoms with Crippen molar-refractivity contribution in [3.8, 4) is 5.75 Å². The van der Waals surface area contributed by atoms with Crippen molar-refractivity contribution in [1.82, 2.24) is 5.32 Å². The second-order valence-corrected chi connectivity index (χ2v) is 4.42. The summed E-state index contributed by atoms with van der Waals surface area (Å²) in [5.74, 6) is -0.437. The van der Waals surface area contributed by atoms with Gasteiger partial charge in [-0.15, -0.1) is 0 Å². The molecule has 0 amide bonds. The Kier molecular flexibility index (Phi) is 5.07. The van der Waals surface area contributed by atoms with E-state index in [2.05, 4.69) is 5.32 Å². The molecular weight excluding hydrogens is 260 g/mol. The van der Waals surface area contributed by atoms with Gasteiger partial charge in [0, 0.05) is 12.1 Å². The van der Waals surface area contributed by atoms with Gasteiger partial charge in [-0.1, -0.05) is 31.2 Å². The van der Waals surface area contributed by atoms with Crippen molar-refractivity contribution in [2.75, 3.05) is 6.54 Å². The van der Waals surface area contributed by atoms with E-state index >= 15 is 0 Å². The Bertz CT molecular complexity index is 555. The second kappa shape index (κ2) is 7.01. The zero-order valence-electron chi connectivity index (χ0n) is 11.3. The third-order valence-electron chi connectivity index (χ3n) is 2.91. The van der Waals surface area contributed by atoms with Gasteiger partial charge in [-0.25, -0.2) is 8.78 Å². The van der Waals surface area contributed by atoms with Gasteiger partial charge in [0.05, 0.1) is 0 Å². The molecule has 0 aliphatic carbocycles. The molecule has 0 heterocycles. The molecule has 4 heteroatoms. The van der Waals surface area contributed by atoms with Crippen LogP contribution in [-0.4, -0.2) is 6.54 Å². The first-order valence-electron chi connectivity index (χ1n) is 6.56. The minimum atomic E-state index is -0.387. The molecule has 106 valence electrons. The fourth-order valence-corrected chi connectivity index (χ4v) is 1.85. The summed E-state index contributed by atoms with van der Waals surface area (Å²) in [6.45, 7) is 3.54. The molecule has 2 aromatic rings. The maximum absolute atomic E-state index is 13.8. The average Bonchev–Trinajstić information content (AvgIpc) is 2.46. The predicted octanol–water partition coefficient (Wildman–Crippen LogP) is 3.65. The number of halogens is 2. The van der Waals surface area contributed by atoms with Crippen LogP contribution in [-0.2, 0) is 13.2 Å². The largest absolute Gasteiger partial charge is 0.485 e. The van der Waals surface area contributed by atoms with Crippen LogP contribution in [0, 0.1) is 11.6 Å². The van der Waals surface area contributed by atoms with Crippen LogP contribution in [0.2, 0.25) is 0 Å². The van der Waals surface area contributed by atoms with Gasteiger partial charge in [0.25, 0.3) is 0 Å². The van der Waals surface area contributed by atoms with Gasteiger partial charge in [0.1, 0.15) is 12.4 Å². The fraction of sp³-hybridized carbons (Fsp3) is 0.250. The highest BCUT2D eigenvalue weighted by atomic mass is 19.1. The van der Waals surface area contributed by atoms with Crippen LogP contribution in [0.5, 0.6) is 5.75 Å². The number of hydrogen-bond acceptors (Lipinski definition) is 2. The quantitative estimate of drug-likeness (QED) is 0.870. The van der Waals surface area contributed by atoms with E-state index in [1.807, 2.05) is 13.0 Å². The maximum Gasteiger partial charge on any atom is 0.165 e. The van der Waals surface area contributed by atoms with Crippen LogP contribution in [0.15, 0.2) is 42.5 Å². The SMILES string of the molecule is CCNCc1cccc(F)c1OCc1ccc(F)cc1. The molecule has 0 aromatic heterocycles. The summed E-state index contributed by atoms with van der Waals surface area (Å²) in [7, 11) is 0. The minimum Gasteiger partial charge on any atom is -0.485 e. The molecule has 1 N–H and O–H groups in total. The molecule has 2 aromatic carbocycles. The Morgan fingerprint density at radius 1 is 1.05 bits per heavy atom. The first kappa shape index (κ1) is 14.5. The lowest BCUT2D eigenvalue weighted by atomic mass is 10.2. The third-order valence-corrected chi connectivity index (χ3v) is 2.91. The molecule has 0 saturated carbocycles. The molecule has 0 atom stereocenters. The van der Waals surface area contributed by atoms with Crippen LogP contribution >= 0.6 is 0 Å². The topological polar surface area (TPSA) is 21.3 Å². The molecule has 0 unspecified atom stereocenters. The van der Waals surface area contributed by atoms with E-state index in [0.717, 1.165) is 17.7 Å². The Morgan fingerprint density at radius 3 is 2.50 bits per heavy atom. The van der Waals surface area contributed by atoms with Crippen LogP contribution in [0.3, 0.4) is 0 Å². The first-order valence-corrected chi connectivity index (χ1v) is 6.56. The standard InChI is InChI=1S/C16H17F2NO/c1-2-19-10-13-4-3-5-15(18)16(13)20-11-12-6-8-14(17)9-7-12/h3-9,19H,2,10-11H2,1H3. The summed E-state index contributed by atoms with van der Waals surface area (Å²) < 4.78 is 32.2. The molecule has 0 bridgehead atoms. The Hall–Kier alpha value is -1.94. The highest BCUT2D eigenvalue weighted by Gasteiger charge is 2.09. The number of para-hydroxylation sites is 1. The molecular formula is C16H17F2NO. The van der Waals surface area contributed by atoms with Gasteiger partial charge in [-0.05, 0) is 30.3 Å². The Labute approximate surface area is 117 Å². The zero-order chi connectivity index (χ0) is 14.4. The molecule has 20 heavy (non-hydrogen) atoms. The van der Waals surface area contributed by atoms with E-state index in [0.29, 0.717) is 6.54 Å². The van der Waals surface area contributed by atoms with Crippen molar-refractivity contribution < 1.29 is 13.5 Å². The molecule has 0 aliphatic rings. The summed E-state index contributed by atoms with van der Waals surface area (Å²) in [5, 5.41) is 3.14. The van der Waals surface area contributed by atoms with E-state index in [-0.39, 0.29) is 24.0 Å². The smallest absolute Gasteiger partial charge is 0.165 e. The van der Waals surface area contributed by atoms with Gasteiger partial charge < -0.3 is 10.1 Å². The van der Waals surface area contributed by atoms with Crippen molar-refractivity contribution in [2.45, 2.75) is 20.1 Å². The van der Waals surface area contributed by atoms with Crippen molar-refractivity contribution in [3.05, 3.63) is 65.2 Å². The fourth-order valence-electron chi connectivity index (χ4n) is 1.85. The second-order valence-electron chi connectivity index (χ2n) is 4.42. The van der Waals surface area contributed by atoms with Crippen LogP contribution in [0.25, 0.3) is 0 Å². The van der Waals surface area contributed by atoms with Crippen molar-refractivity contribution in [3.63, 3.8) is 0 Å². The van der Waals surface area contributed by atoms with E-state index in [4.69, 9.17) is 4.74 Å². The highest BCUT2D eigenvalue weighted by molar-refractivity contribution is 5.35. The summed E-state index contributed by atoms with van der Waals surface area (Å²) in [5.41, 5.74) is 1.57. The predicted molar refractivity (Wildman–Crippen MR) is 74.5 cm³/mol. The normalized spacial score (nSPS) is 10.6. The highest BCUT2D eigenvalue weighted by Crippen LogP contribution is 2.23. The molecule has 0 aliphatic heterocycles. The van der Waals surface area contributed by atoms with Gasteiger partial charge in [0.15, 0.2) is 11.6 Å². The van der Waals surface area contributed by atoms with Gasteiger partial charge in [-0.2, -0.15) is 0 Å². The number of nitrogens with one attached hydrogen (secondary N) is 1. The summed E-state index contributed by atoms with van der Waals surface area (Å²) in [6.07, 6.45) is 0. The van der Waals surface area contributed by atoms with E-state index < -0.39 is 0 Å². The summed E-state index contributed by atoms with van der Waals surface area (Å²) in [4.78, 5) is 0. The molecule has 0 saturated heterocycles. The molecule has 0 spiro atoms. The zero-order valence-corrected chi connectivity index (χ0v) is 11.3. The minimum absolute atomic E-state index is 0.209. The van der Waals surface area contributed by atoms with E-state index in [1.54, 1.807) is 18.2 Å². The lowest BCUT2D eigenvalue weighted by Gasteiger charge is -2.12. The third kappa shape index (κ3) is 3.78. The molecule has 0 fully saturated rings. The maximum atomic E-state index is 13.8. The molecule has 2 rings (SSSR count). The molecule has 2 nitrogen and oxygen atoms in total. The first-order chi connectivity index (χ1) is 9.70. The number of hydrogen-bond donors (Lipinski definition) is 1. The lowest BCUT2D eigenvalue weighted by Crippen LogP contribution is -2.13. The van der Waals surface area contributed by atoms with Crippen LogP contribution in [0.1, 0.15) is 18.1 Å².